The Balaban J connectivity index is 2.50. The number of nitrogens with one attached hydrogen (secondary N) is 1. The van der Waals surface area contributed by atoms with E-state index in [-0.39, 0.29) is 11.3 Å². The summed E-state index contributed by atoms with van der Waals surface area (Å²) in [5.41, 5.74) is 0. The first-order chi connectivity index (χ1) is 6.52. The molecule has 0 aromatic rings. The molecule has 1 N–H and O–H groups in total. The predicted molar refractivity (Wildman–Crippen MR) is 58.7 cm³/mol. The molecule has 0 heterocycles. The van der Waals surface area contributed by atoms with Crippen LogP contribution in [0.2, 0.25) is 0 Å². The van der Waals surface area contributed by atoms with Gasteiger partial charge in [-0.1, -0.05) is 25.7 Å². The lowest BCUT2D eigenvalue weighted by Gasteiger charge is -2.17. The number of hydrogen-bond acceptors (Lipinski definition) is 2. The van der Waals surface area contributed by atoms with Crippen LogP contribution in [0.3, 0.4) is 0 Å². The Kier molecular flexibility index (Phi) is 4.38. The third-order valence-corrected chi connectivity index (χ3v) is 4.71. The standard InChI is InChI=1S/C10H21NO2S/c1-9(2)14(12,13)11-10-7-5-3-4-6-8-10/h9-11H,3-8H2,1-2H3. The third-order valence-electron chi connectivity index (χ3n) is 2.81. The molecule has 14 heavy (non-hydrogen) atoms. The van der Waals surface area contributed by atoms with Crippen LogP contribution in [-0.4, -0.2) is 19.7 Å². The zero-order valence-electron chi connectivity index (χ0n) is 9.12. The highest BCUT2D eigenvalue weighted by Gasteiger charge is 2.21. The van der Waals surface area contributed by atoms with Crippen LogP contribution in [0.4, 0.5) is 0 Å². The molecule has 84 valence electrons. The van der Waals surface area contributed by atoms with Crippen LogP contribution in [0.5, 0.6) is 0 Å². The second-order valence-corrected chi connectivity index (χ2v) is 6.67. The fourth-order valence-electron chi connectivity index (χ4n) is 1.77. The van der Waals surface area contributed by atoms with Crippen molar-refractivity contribution in [2.45, 2.75) is 63.7 Å². The van der Waals surface area contributed by atoms with Crippen molar-refractivity contribution in [2.75, 3.05) is 0 Å². The summed E-state index contributed by atoms with van der Waals surface area (Å²) in [6.07, 6.45) is 6.83. The largest absolute Gasteiger partial charge is 0.214 e. The van der Waals surface area contributed by atoms with Crippen molar-refractivity contribution in [3.63, 3.8) is 0 Å². The molecule has 0 unspecified atom stereocenters. The van der Waals surface area contributed by atoms with Crippen molar-refractivity contribution < 1.29 is 8.42 Å². The molecular formula is C10H21NO2S. The average Bonchev–Trinajstić information content (AvgIpc) is 2.32. The second-order valence-electron chi connectivity index (χ2n) is 4.40. The van der Waals surface area contributed by atoms with Crippen molar-refractivity contribution in [1.82, 2.24) is 4.72 Å². The molecule has 0 saturated heterocycles. The maximum absolute atomic E-state index is 11.6. The van der Waals surface area contributed by atoms with E-state index in [1.807, 2.05) is 0 Å². The maximum Gasteiger partial charge on any atom is 0.214 e. The van der Waals surface area contributed by atoms with Gasteiger partial charge in [-0.05, 0) is 26.7 Å². The molecular weight excluding hydrogens is 198 g/mol. The van der Waals surface area contributed by atoms with Gasteiger partial charge in [-0.25, -0.2) is 13.1 Å². The summed E-state index contributed by atoms with van der Waals surface area (Å²) in [5, 5.41) is -0.314. The molecule has 4 heteroatoms. The highest BCUT2D eigenvalue weighted by Crippen LogP contribution is 2.18. The van der Waals surface area contributed by atoms with Gasteiger partial charge in [0.2, 0.25) is 10.0 Å². The number of rotatable bonds is 3. The van der Waals surface area contributed by atoms with E-state index in [2.05, 4.69) is 4.72 Å². The maximum atomic E-state index is 11.6. The molecule has 0 aromatic carbocycles. The van der Waals surface area contributed by atoms with Crippen LogP contribution in [0.25, 0.3) is 0 Å². The number of hydrogen-bond donors (Lipinski definition) is 1. The molecule has 0 aliphatic heterocycles. The Morgan fingerprint density at radius 2 is 1.57 bits per heavy atom. The molecule has 1 aliphatic carbocycles. The van der Waals surface area contributed by atoms with Crippen LogP contribution in [0, 0.1) is 0 Å². The zero-order chi connectivity index (χ0) is 10.6. The van der Waals surface area contributed by atoms with Crippen LogP contribution in [0.15, 0.2) is 0 Å². The minimum absolute atomic E-state index is 0.185. The van der Waals surface area contributed by atoms with Crippen LogP contribution in [0.1, 0.15) is 52.4 Å². The second kappa shape index (κ2) is 5.12. The van der Waals surface area contributed by atoms with Crippen molar-refractivity contribution >= 4 is 10.0 Å². The van der Waals surface area contributed by atoms with E-state index in [1.165, 1.54) is 12.8 Å². The van der Waals surface area contributed by atoms with Gasteiger partial charge in [-0.15, -0.1) is 0 Å². The van der Waals surface area contributed by atoms with E-state index >= 15 is 0 Å². The molecule has 1 rings (SSSR count). The van der Waals surface area contributed by atoms with E-state index in [0.717, 1.165) is 25.7 Å². The summed E-state index contributed by atoms with van der Waals surface area (Å²) in [5.74, 6) is 0. The van der Waals surface area contributed by atoms with Gasteiger partial charge in [-0.3, -0.25) is 0 Å². The lowest BCUT2D eigenvalue weighted by molar-refractivity contribution is 0.505. The highest BCUT2D eigenvalue weighted by atomic mass is 32.2. The predicted octanol–water partition coefficient (Wildman–Crippen LogP) is 2.04. The van der Waals surface area contributed by atoms with E-state index in [0.29, 0.717) is 0 Å². The normalized spacial score (nSPS) is 21.1. The van der Waals surface area contributed by atoms with Gasteiger partial charge < -0.3 is 0 Å². The van der Waals surface area contributed by atoms with Gasteiger partial charge >= 0.3 is 0 Å². The Bertz CT molecular complexity index is 251. The van der Waals surface area contributed by atoms with Gasteiger partial charge in [-0.2, -0.15) is 0 Å². The molecule has 0 atom stereocenters. The monoisotopic (exact) mass is 219 g/mol. The Morgan fingerprint density at radius 1 is 1.07 bits per heavy atom. The summed E-state index contributed by atoms with van der Waals surface area (Å²) >= 11 is 0. The minimum Gasteiger partial charge on any atom is -0.212 e. The van der Waals surface area contributed by atoms with E-state index in [4.69, 9.17) is 0 Å². The molecule has 0 aromatic heterocycles. The summed E-state index contributed by atoms with van der Waals surface area (Å²) in [6.45, 7) is 3.44. The van der Waals surface area contributed by atoms with Crippen molar-refractivity contribution in [2.24, 2.45) is 0 Å². The van der Waals surface area contributed by atoms with Gasteiger partial charge in [0.1, 0.15) is 0 Å². The Labute approximate surface area is 87.3 Å². The first-order valence-corrected chi connectivity index (χ1v) is 7.08. The van der Waals surface area contributed by atoms with Crippen LogP contribution < -0.4 is 4.72 Å². The quantitative estimate of drug-likeness (QED) is 0.738. The summed E-state index contributed by atoms with van der Waals surface area (Å²) in [6, 6.07) is 0.185. The van der Waals surface area contributed by atoms with Crippen molar-refractivity contribution in [1.29, 1.82) is 0 Å². The first-order valence-electron chi connectivity index (χ1n) is 5.53. The van der Waals surface area contributed by atoms with Gasteiger partial charge in [0.15, 0.2) is 0 Å². The van der Waals surface area contributed by atoms with Gasteiger partial charge in [0, 0.05) is 6.04 Å². The topological polar surface area (TPSA) is 46.2 Å². The highest BCUT2D eigenvalue weighted by molar-refractivity contribution is 7.90. The van der Waals surface area contributed by atoms with Crippen LogP contribution >= 0.6 is 0 Å². The summed E-state index contributed by atoms with van der Waals surface area (Å²) < 4.78 is 26.0. The molecule has 0 bridgehead atoms. The smallest absolute Gasteiger partial charge is 0.212 e. The van der Waals surface area contributed by atoms with Gasteiger partial charge in [0.05, 0.1) is 5.25 Å². The van der Waals surface area contributed by atoms with Crippen LogP contribution in [-0.2, 0) is 10.0 Å². The van der Waals surface area contributed by atoms with Gasteiger partial charge in [0.25, 0.3) is 0 Å². The van der Waals surface area contributed by atoms with Crippen molar-refractivity contribution in [3.05, 3.63) is 0 Å². The van der Waals surface area contributed by atoms with E-state index < -0.39 is 10.0 Å². The molecule has 0 spiro atoms. The first kappa shape index (κ1) is 12.0. The van der Waals surface area contributed by atoms with E-state index in [1.54, 1.807) is 13.8 Å². The molecule has 0 amide bonds. The third kappa shape index (κ3) is 3.58. The molecule has 3 nitrogen and oxygen atoms in total. The Hall–Kier alpha value is -0.0900. The lowest BCUT2D eigenvalue weighted by atomic mass is 10.1. The average molecular weight is 219 g/mol. The summed E-state index contributed by atoms with van der Waals surface area (Å²) in [7, 11) is -3.06. The number of sulfonamides is 1. The molecule has 1 saturated carbocycles. The molecule has 0 radical (unpaired) electrons. The summed E-state index contributed by atoms with van der Waals surface area (Å²) in [4.78, 5) is 0. The molecule has 1 aliphatic rings. The minimum atomic E-state index is -3.06. The Morgan fingerprint density at radius 3 is 2.00 bits per heavy atom. The fraction of sp³-hybridized carbons (Fsp3) is 1.00. The fourth-order valence-corrected chi connectivity index (χ4v) is 2.74. The lowest BCUT2D eigenvalue weighted by Crippen LogP contribution is -2.38. The molecule has 1 fully saturated rings. The zero-order valence-corrected chi connectivity index (χ0v) is 9.94. The SMILES string of the molecule is CC(C)S(=O)(=O)NC1CCCCCC1. The van der Waals surface area contributed by atoms with E-state index in [9.17, 15) is 8.42 Å². The van der Waals surface area contributed by atoms with Crippen molar-refractivity contribution in [3.8, 4) is 0 Å².